The maximum atomic E-state index is 12.6. The van der Waals surface area contributed by atoms with E-state index < -0.39 is 26.7 Å². The van der Waals surface area contributed by atoms with Crippen molar-refractivity contribution in [2.75, 3.05) is 26.2 Å². The van der Waals surface area contributed by atoms with Gasteiger partial charge in [-0.3, -0.25) is 14.9 Å². The number of piperazine rings is 1. The molecule has 0 bridgehead atoms. The van der Waals surface area contributed by atoms with Gasteiger partial charge in [0.2, 0.25) is 15.9 Å². The molecule has 1 aromatic carbocycles. The molecule has 0 aromatic heterocycles. The lowest BCUT2D eigenvalue weighted by Gasteiger charge is -2.34. The van der Waals surface area contributed by atoms with E-state index in [0.717, 1.165) is 10.4 Å². The Kier molecular flexibility index (Phi) is 6.67. The second-order valence-electron chi connectivity index (χ2n) is 5.24. The van der Waals surface area contributed by atoms with E-state index in [9.17, 15) is 23.3 Å². The van der Waals surface area contributed by atoms with Crippen LogP contribution in [-0.4, -0.2) is 60.7 Å². The monoisotopic (exact) mass is 378 g/mol. The Labute approximate surface area is 146 Å². The fourth-order valence-electron chi connectivity index (χ4n) is 2.40. The molecule has 1 amide bonds. The number of carbonyl (C=O) groups excluding carboxylic acids is 1. The van der Waals surface area contributed by atoms with Crippen LogP contribution in [0.1, 0.15) is 6.92 Å². The Balaban J connectivity index is 0.00000288. The third-order valence-electron chi connectivity index (χ3n) is 3.62. The lowest BCUT2D eigenvalue weighted by molar-refractivity contribution is -0.387. The number of nitro benzene ring substituents is 1. The van der Waals surface area contributed by atoms with Gasteiger partial charge in [-0.05, 0) is 13.0 Å². The standard InChI is InChI=1S/C13H18N4O5S.ClH/c1-10(14)13(18)15-6-8-16(9-7-15)23(21,22)12-5-3-2-4-11(12)17(19)20;/h2-5,10H,6-9,14H2,1H3;1H. The Morgan fingerprint density at radius 1 is 1.25 bits per heavy atom. The number of sulfonamides is 1. The summed E-state index contributed by atoms with van der Waals surface area (Å²) in [6, 6.07) is 4.58. The highest BCUT2D eigenvalue weighted by Gasteiger charge is 2.34. The first-order chi connectivity index (χ1) is 10.7. The molecule has 0 aliphatic carbocycles. The lowest BCUT2D eigenvalue weighted by Crippen LogP contribution is -2.53. The van der Waals surface area contributed by atoms with E-state index in [2.05, 4.69) is 0 Å². The molecule has 1 aliphatic rings. The fourth-order valence-corrected chi connectivity index (χ4v) is 3.98. The van der Waals surface area contributed by atoms with E-state index >= 15 is 0 Å². The summed E-state index contributed by atoms with van der Waals surface area (Å²) in [5, 5.41) is 11.0. The molecular weight excluding hydrogens is 360 g/mol. The number of hydrogen-bond donors (Lipinski definition) is 1. The Morgan fingerprint density at radius 2 is 1.79 bits per heavy atom. The Hall–Kier alpha value is -1.75. The largest absolute Gasteiger partial charge is 0.339 e. The van der Waals surface area contributed by atoms with Crippen LogP contribution in [0, 0.1) is 10.1 Å². The number of nitro groups is 1. The number of nitrogens with zero attached hydrogens (tertiary/aromatic N) is 3. The first-order valence-corrected chi connectivity index (χ1v) is 8.47. The molecule has 1 aromatic rings. The van der Waals surface area contributed by atoms with Crippen molar-refractivity contribution in [3.63, 3.8) is 0 Å². The third-order valence-corrected chi connectivity index (χ3v) is 5.57. The van der Waals surface area contributed by atoms with E-state index in [-0.39, 0.29) is 49.4 Å². The zero-order valence-corrected chi connectivity index (χ0v) is 14.6. The summed E-state index contributed by atoms with van der Waals surface area (Å²) in [5.74, 6) is -0.243. The minimum absolute atomic E-state index is 0. The smallest absolute Gasteiger partial charge is 0.289 e. The topological polar surface area (TPSA) is 127 Å². The van der Waals surface area contributed by atoms with E-state index in [0.29, 0.717) is 0 Å². The van der Waals surface area contributed by atoms with Gasteiger partial charge in [0, 0.05) is 32.2 Å². The molecular formula is C13H19ClN4O5S. The number of carbonyl (C=O) groups is 1. The predicted molar refractivity (Wildman–Crippen MR) is 89.3 cm³/mol. The van der Waals surface area contributed by atoms with E-state index in [1.807, 2.05) is 0 Å². The summed E-state index contributed by atoms with van der Waals surface area (Å²) in [6.07, 6.45) is 0. The number of amides is 1. The normalized spacial score (nSPS) is 17.0. The fraction of sp³-hybridized carbons (Fsp3) is 0.462. The van der Waals surface area contributed by atoms with E-state index in [1.165, 1.54) is 23.1 Å². The molecule has 134 valence electrons. The minimum atomic E-state index is -3.98. The Bertz CT molecular complexity index is 717. The number of nitrogens with two attached hydrogens (primary N) is 1. The van der Waals surface area contributed by atoms with Gasteiger partial charge in [0.15, 0.2) is 4.90 Å². The van der Waals surface area contributed by atoms with Crippen LogP contribution in [0.5, 0.6) is 0 Å². The molecule has 9 nitrogen and oxygen atoms in total. The van der Waals surface area contributed by atoms with Gasteiger partial charge in [-0.15, -0.1) is 12.4 Å². The molecule has 1 heterocycles. The summed E-state index contributed by atoms with van der Waals surface area (Å²) >= 11 is 0. The zero-order chi connectivity index (χ0) is 17.2. The molecule has 1 saturated heterocycles. The average Bonchev–Trinajstić information content (AvgIpc) is 2.54. The van der Waals surface area contributed by atoms with Gasteiger partial charge < -0.3 is 10.6 Å². The summed E-state index contributed by atoms with van der Waals surface area (Å²) in [4.78, 5) is 23.3. The highest BCUT2D eigenvalue weighted by atomic mass is 35.5. The Morgan fingerprint density at radius 3 is 2.29 bits per heavy atom. The SMILES string of the molecule is CC(N)C(=O)N1CCN(S(=O)(=O)c2ccccc2[N+](=O)[O-])CC1.Cl. The highest BCUT2D eigenvalue weighted by molar-refractivity contribution is 7.89. The highest BCUT2D eigenvalue weighted by Crippen LogP contribution is 2.26. The predicted octanol–water partition coefficient (Wildman–Crippen LogP) is 0.197. The van der Waals surface area contributed by atoms with Crippen molar-refractivity contribution in [3.8, 4) is 0 Å². The quantitative estimate of drug-likeness (QED) is 0.588. The van der Waals surface area contributed by atoms with Gasteiger partial charge in [-0.1, -0.05) is 12.1 Å². The van der Waals surface area contributed by atoms with Crippen LogP contribution < -0.4 is 5.73 Å². The van der Waals surface area contributed by atoms with Crippen LogP contribution in [0.3, 0.4) is 0 Å². The molecule has 1 fully saturated rings. The maximum absolute atomic E-state index is 12.6. The molecule has 1 aliphatic heterocycles. The van der Waals surface area contributed by atoms with Crippen molar-refractivity contribution in [2.45, 2.75) is 17.9 Å². The van der Waals surface area contributed by atoms with Crippen LogP contribution in [0.15, 0.2) is 29.2 Å². The van der Waals surface area contributed by atoms with Gasteiger partial charge in [-0.25, -0.2) is 8.42 Å². The van der Waals surface area contributed by atoms with Gasteiger partial charge in [0.1, 0.15) is 0 Å². The second-order valence-corrected chi connectivity index (χ2v) is 7.15. The lowest BCUT2D eigenvalue weighted by atomic mass is 10.2. The molecule has 0 radical (unpaired) electrons. The molecule has 1 atom stereocenters. The first-order valence-electron chi connectivity index (χ1n) is 7.03. The zero-order valence-electron chi connectivity index (χ0n) is 13.0. The minimum Gasteiger partial charge on any atom is -0.339 e. The molecule has 0 spiro atoms. The number of halogens is 1. The summed E-state index contributed by atoms with van der Waals surface area (Å²) < 4.78 is 26.4. The average molecular weight is 379 g/mol. The molecule has 2 N–H and O–H groups in total. The number of benzene rings is 1. The second kappa shape index (κ2) is 7.88. The van der Waals surface area contributed by atoms with Gasteiger partial charge in [0.05, 0.1) is 11.0 Å². The van der Waals surface area contributed by atoms with Gasteiger partial charge in [-0.2, -0.15) is 4.31 Å². The van der Waals surface area contributed by atoms with Crippen LogP contribution in [0.25, 0.3) is 0 Å². The summed E-state index contributed by atoms with van der Waals surface area (Å²) in [6.45, 7) is 2.14. The maximum Gasteiger partial charge on any atom is 0.289 e. The van der Waals surface area contributed by atoms with Crippen molar-refractivity contribution in [1.29, 1.82) is 0 Å². The van der Waals surface area contributed by atoms with Gasteiger partial charge >= 0.3 is 0 Å². The molecule has 0 saturated carbocycles. The van der Waals surface area contributed by atoms with Crippen molar-refractivity contribution in [3.05, 3.63) is 34.4 Å². The number of rotatable bonds is 4. The number of para-hydroxylation sites is 1. The number of hydrogen-bond acceptors (Lipinski definition) is 6. The summed E-state index contributed by atoms with van der Waals surface area (Å²) in [5.41, 5.74) is 5.08. The molecule has 1 unspecified atom stereocenters. The summed E-state index contributed by atoms with van der Waals surface area (Å²) in [7, 11) is -3.98. The van der Waals surface area contributed by atoms with Crippen molar-refractivity contribution in [2.24, 2.45) is 5.73 Å². The van der Waals surface area contributed by atoms with Crippen LogP contribution in [0.4, 0.5) is 5.69 Å². The van der Waals surface area contributed by atoms with Crippen molar-refractivity contribution < 1.29 is 18.1 Å². The van der Waals surface area contributed by atoms with Crippen molar-refractivity contribution >= 4 is 34.0 Å². The third kappa shape index (κ3) is 4.01. The first kappa shape index (κ1) is 20.3. The molecule has 24 heavy (non-hydrogen) atoms. The molecule has 11 heteroatoms. The van der Waals surface area contributed by atoms with Gasteiger partial charge in [0.25, 0.3) is 5.69 Å². The van der Waals surface area contributed by atoms with E-state index in [4.69, 9.17) is 5.73 Å². The van der Waals surface area contributed by atoms with E-state index in [1.54, 1.807) is 6.92 Å². The van der Waals surface area contributed by atoms with Crippen LogP contribution >= 0.6 is 12.4 Å². The van der Waals surface area contributed by atoms with Crippen molar-refractivity contribution in [1.82, 2.24) is 9.21 Å². The molecule has 2 rings (SSSR count). The van der Waals surface area contributed by atoms with Crippen LogP contribution in [0.2, 0.25) is 0 Å². The van der Waals surface area contributed by atoms with Crippen LogP contribution in [-0.2, 0) is 14.8 Å².